The number of benzene rings is 3. The molecule has 0 aromatic heterocycles. The number of anilines is 1. The van der Waals surface area contributed by atoms with Crippen LogP contribution in [0, 0.1) is 5.82 Å². The van der Waals surface area contributed by atoms with Crippen LogP contribution in [0.2, 0.25) is 5.02 Å². The Morgan fingerprint density at radius 2 is 1.54 bits per heavy atom. The molecule has 0 heterocycles. The molecule has 0 spiro atoms. The monoisotopic (exact) mass is 573 g/mol. The average Bonchev–Trinajstić information content (AvgIpc) is 2.93. The topological polar surface area (TPSA) is 86.8 Å². The summed E-state index contributed by atoms with van der Waals surface area (Å²) < 4.78 is 43.1. The van der Waals surface area contributed by atoms with Gasteiger partial charge < -0.3 is 10.2 Å². The third kappa shape index (κ3) is 7.58. The molecule has 3 aromatic rings. The number of nitrogens with one attached hydrogen (secondary N) is 1. The minimum Gasteiger partial charge on any atom is -0.352 e. The Kier molecular flexibility index (Phi) is 10.5. The third-order valence-corrected chi connectivity index (χ3v) is 8.41. The highest BCUT2D eigenvalue weighted by atomic mass is 35.5. The molecule has 10 heteroatoms. The molecule has 39 heavy (non-hydrogen) atoms. The number of hydrogen-bond donors (Lipinski definition) is 1. The van der Waals surface area contributed by atoms with E-state index in [1.807, 2.05) is 13.8 Å². The lowest BCUT2D eigenvalue weighted by atomic mass is 10.1. The van der Waals surface area contributed by atoms with Crippen LogP contribution >= 0.6 is 11.6 Å². The van der Waals surface area contributed by atoms with Gasteiger partial charge in [-0.2, -0.15) is 0 Å². The van der Waals surface area contributed by atoms with Crippen molar-refractivity contribution in [2.45, 2.75) is 57.1 Å². The molecule has 0 bridgehead atoms. The molecule has 0 radical (unpaired) electrons. The van der Waals surface area contributed by atoms with Gasteiger partial charge in [0.05, 0.1) is 10.6 Å². The number of carbonyl (C=O) groups excluding carboxylic acids is 2. The van der Waals surface area contributed by atoms with Gasteiger partial charge in [0.2, 0.25) is 11.8 Å². The van der Waals surface area contributed by atoms with Crippen molar-refractivity contribution >= 4 is 39.1 Å². The molecule has 0 aliphatic carbocycles. The van der Waals surface area contributed by atoms with Gasteiger partial charge >= 0.3 is 0 Å². The first-order valence-corrected chi connectivity index (χ1v) is 14.6. The lowest BCUT2D eigenvalue weighted by Gasteiger charge is -2.33. The van der Waals surface area contributed by atoms with Crippen molar-refractivity contribution in [2.75, 3.05) is 10.8 Å². The maximum atomic E-state index is 14.9. The molecule has 3 aromatic carbocycles. The van der Waals surface area contributed by atoms with Crippen molar-refractivity contribution in [1.29, 1.82) is 0 Å². The SMILES string of the molecule is CCC(C)NC(=O)C(CC)N(Cc1ccc(Cl)cc1)C(=O)CN(c1ccccc1F)S(=O)(=O)c1ccccc1. The van der Waals surface area contributed by atoms with Crippen molar-refractivity contribution in [3.8, 4) is 0 Å². The van der Waals surface area contributed by atoms with Gasteiger partial charge in [0, 0.05) is 17.6 Å². The normalized spacial score (nSPS) is 12.8. The molecule has 3 rings (SSSR count). The van der Waals surface area contributed by atoms with Gasteiger partial charge in [-0.1, -0.05) is 67.9 Å². The molecule has 208 valence electrons. The molecular formula is C29H33ClFN3O4S. The molecule has 0 saturated heterocycles. The predicted octanol–water partition coefficient (Wildman–Crippen LogP) is 5.40. The zero-order chi connectivity index (χ0) is 28.6. The molecule has 0 fully saturated rings. The summed E-state index contributed by atoms with van der Waals surface area (Å²) in [5.74, 6) is -1.80. The minimum atomic E-state index is -4.33. The highest BCUT2D eigenvalue weighted by Crippen LogP contribution is 2.27. The van der Waals surface area contributed by atoms with Crippen molar-refractivity contribution in [3.05, 3.63) is 95.3 Å². The molecule has 2 atom stereocenters. The Hall–Kier alpha value is -3.43. The van der Waals surface area contributed by atoms with Crippen molar-refractivity contribution in [2.24, 2.45) is 0 Å². The maximum Gasteiger partial charge on any atom is 0.264 e. The van der Waals surface area contributed by atoms with E-state index in [-0.39, 0.29) is 35.5 Å². The van der Waals surface area contributed by atoms with E-state index in [1.165, 1.54) is 35.2 Å². The smallest absolute Gasteiger partial charge is 0.264 e. The van der Waals surface area contributed by atoms with E-state index in [0.717, 1.165) is 10.4 Å². The highest BCUT2D eigenvalue weighted by molar-refractivity contribution is 7.92. The van der Waals surface area contributed by atoms with Gasteiger partial charge in [0.25, 0.3) is 10.0 Å². The first-order valence-electron chi connectivity index (χ1n) is 12.7. The van der Waals surface area contributed by atoms with Gasteiger partial charge in [0.15, 0.2) is 0 Å². The third-order valence-electron chi connectivity index (χ3n) is 6.38. The van der Waals surface area contributed by atoms with Crippen LogP contribution < -0.4 is 9.62 Å². The molecule has 0 saturated carbocycles. The number of hydrogen-bond acceptors (Lipinski definition) is 4. The summed E-state index contributed by atoms with van der Waals surface area (Å²) in [5.41, 5.74) is 0.434. The number of sulfonamides is 1. The highest BCUT2D eigenvalue weighted by Gasteiger charge is 2.34. The van der Waals surface area contributed by atoms with Crippen LogP contribution in [-0.2, 0) is 26.2 Å². The Bertz CT molecular complexity index is 1370. The summed E-state index contributed by atoms with van der Waals surface area (Å²) in [6.45, 7) is 4.89. The van der Waals surface area contributed by atoms with Crippen LogP contribution in [0.25, 0.3) is 0 Å². The number of carbonyl (C=O) groups is 2. The second-order valence-electron chi connectivity index (χ2n) is 9.17. The van der Waals surface area contributed by atoms with E-state index in [1.54, 1.807) is 49.4 Å². The summed E-state index contributed by atoms with van der Waals surface area (Å²) in [5, 5.41) is 3.43. The molecule has 0 aliphatic rings. The number of halogens is 2. The summed E-state index contributed by atoms with van der Waals surface area (Å²) in [4.78, 5) is 28.4. The van der Waals surface area contributed by atoms with Gasteiger partial charge in [-0.3, -0.25) is 13.9 Å². The van der Waals surface area contributed by atoms with E-state index < -0.39 is 34.3 Å². The van der Waals surface area contributed by atoms with E-state index in [4.69, 9.17) is 11.6 Å². The first-order chi connectivity index (χ1) is 18.6. The zero-order valence-corrected chi connectivity index (χ0v) is 23.8. The number of amides is 2. The molecule has 0 aliphatic heterocycles. The van der Waals surface area contributed by atoms with E-state index in [0.29, 0.717) is 17.0 Å². The standard InChI is InChI=1S/C29H33ClFN3O4S/c1-4-21(3)32-29(36)26(5-2)33(19-22-15-17-23(30)18-16-22)28(35)20-34(27-14-10-9-13-25(27)31)39(37,38)24-11-7-6-8-12-24/h6-18,21,26H,4-5,19-20H2,1-3H3,(H,32,36). The van der Waals surface area contributed by atoms with E-state index >= 15 is 0 Å². The fraction of sp³-hybridized carbons (Fsp3) is 0.310. The van der Waals surface area contributed by atoms with Crippen molar-refractivity contribution < 1.29 is 22.4 Å². The van der Waals surface area contributed by atoms with Crippen LogP contribution in [0.1, 0.15) is 39.2 Å². The van der Waals surface area contributed by atoms with Crippen LogP contribution in [0.4, 0.5) is 10.1 Å². The maximum absolute atomic E-state index is 14.9. The molecule has 2 amide bonds. The van der Waals surface area contributed by atoms with Gasteiger partial charge in [-0.05, 0) is 61.7 Å². The van der Waals surface area contributed by atoms with Crippen LogP contribution in [-0.4, -0.2) is 43.8 Å². The fourth-order valence-electron chi connectivity index (χ4n) is 4.03. The molecular weight excluding hydrogens is 541 g/mol. The lowest BCUT2D eigenvalue weighted by molar-refractivity contribution is -0.140. The van der Waals surface area contributed by atoms with Gasteiger partial charge in [0.1, 0.15) is 18.4 Å². The van der Waals surface area contributed by atoms with E-state index in [2.05, 4.69) is 5.32 Å². The number of para-hydroxylation sites is 1. The van der Waals surface area contributed by atoms with Crippen molar-refractivity contribution in [3.63, 3.8) is 0 Å². The largest absolute Gasteiger partial charge is 0.352 e. The molecule has 1 N–H and O–H groups in total. The first kappa shape index (κ1) is 30.1. The average molecular weight is 574 g/mol. The Morgan fingerprint density at radius 1 is 0.923 bits per heavy atom. The van der Waals surface area contributed by atoms with Gasteiger partial charge in [-0.25, -0.2) is 12.8 Å². The zero-order valence-electron chi connectivity index (χ0n) is 22.2. The predicted molar refractivity (Wildman–Crippen MR) is 151 cm³/mol. The molecule has 2 unspecified atom stereocenters. The summed E-state index contributed by atoms with van der Waals surface area (Å²) in [7, 11) is -4.33. The fourth-order valence-corrected chi connectivity index (χ4v) is 5.60. The Balaban J connectivity index is 2.05. The second kappa shape index (κ2) is 13.6. The number of nitrogens with zero attached hydrogens (tertiary/aromatic N) is 2. The summed E-state index contributed by atoms with van der Waals surface area (Å²) in [6, 6.07) is 18.7. The van der Waals surface area contributed by atoms with E-state index in [9.17, 15) is 22.4 Å². The Morgan fingerprint density at radius 3 is 2.13 bits per heavy atom. The number of rotatable bonds is 12. The van der Waals surface area contributed by atoms with Crippen molar-refractivity contribution in [1.82, 2.24) is 10.2 Å². The van der Waals surface area contributed by atoms with Crippen LogP contribution in [0.3, 0.4) is 0 Å². The second-order valence-corrected chi connectivity index (χ2v) is 11.5. The molecule has 7 nitrogen and oxygen atoms in total. The van der Waals surface area contributed by atoms with Crippen LogP contribution in [0.5, 0.6) is 0 Å². The summed E-state index contributed by atoms with van der Waals surface area (Å²) in [6.07, 6.45) is 0.983. The minimum absolute atomic E-state index is 0.0267. The van der Waals surface area contributed by atoms with Gasteiger partial charge in [-0.15, -0.1) is 0 Å². The van der Waals surface area contributed by atoms with Crippen LogP contribution in [0.15, 0.2) is 83.8 Å². The summed E-state index contributed by atoms with van der Waals surface area (Å²) >= 11 is 6.03. The lowest BCUT2D eigenvalue weighted by Crippen LogP contribution is -2.53. The quantitative estimate of drug-likeness (QED) is 0.314. The Labute approximate surface area is 234 Å².